The van der Waals surface area contributed by atoms with Gasteiger partial charge in [-0.15, -0.1) is 0 Å². The molecule has 0 radical (unpaired) electrons. The standard InChI is InChI=1S/C34H28Cl2F3N3O4S/c1-33(2,3)22-10-8-21(9-11-22)20-6-4-19(5-7-20)16-29-41-27(24-13-12-23(35)17-26(24)36)18-42(29)28-15-14-25(32(43)44)31(30(28)40)47(45,46)34(37,38)39/h4-15,17-18H,16,40H2,1-3H3,(H,43,44). The Morgan fingerprint density at radius 2 is 1.51 bits per heavy atom. The molecule has 0 atom stereocenters. The van der Waals surface area contributed by atoms with Crippen LogP contribution in [0.2, 0.25) is 10.0 Å². The largest absolute Gasteiger partial charge is 0.502 e. The number of nitrogens with two attached hydrogens (primary N) is 1. The summed E-state index contributed by atoms with van der Waals surface area (Å²) < 4.78 is 67.5. The molecule has 0 saturated heterocycles. The van der Waals surface area contributed by atoms with Gasteiger partial charge in [0, 0.05) is 23.2 Å². The number of sulfone groups is 1. The molecule has 0 spiro atoms. The van der Waals surface area contributed by atoms with Gasteiger partial charge >= 0.3 is 11.5 Å². The molecule has 13 heteroatoms. The fraction of sp³-hybridized carbons (Fsp3) is 0.176. The minimum atomic E-state index is -6.16. The molecule has 4 aromatic carbocycles. The van der Waals surface area contributed by atoms with Crippen molar-refractivity contribution >= 4 is 44.7 Å². The summed E-state index contributed by atoms with van der Waals surface area (Å²) in [6.07, 6.45) is 1.57. The second-order valence-corrected chi connectivity index (χ2v) is 14.6. The molecule has 5 rings (SSSR count). The van der Waals surface area contributed by atoms with Crippen LogP contribution in [-0.4, -0.2) is 34.6 Å². The highest BCUT2D eigenvalue weighted by molar-refractivity contribution is 7.92. The summed E-state index contributed by atoms with van der Waals surface area (Å²) in [5.74, 6) is -1.63. The second kappa shape index (κ2) is 12.4. The van der Waals surface area contributed by atoms with E-state index in [2.05, 4.69) is 37.9 Å². The lowest BCUT2D eigenvalue weighted by Gasteiger charge is -2.19. The summed E-state index contributed by atoms with van der Waals surface area (Å²) in [4.78, 5) is 14.9. The Morgan fingerprint density at radius 1 is 0.915 bits per heavy atom. The van der Waals surface area contributed by atoms with Gasteiger partial charge in [0.15, 0.2) is 0 Å². The SMILES string of the molecule is CC(C)(C)c1ccc(-c2ccc(Cc3nc(-c4ccc(Cl)cc4Cl)cn3-c3ccc(C(=O)O)c(S(=O)(=O)C(F)(F)F)c3N)cc2)cc1. The number of anilines is 1. The maximum absolute atomic E-state index is 13.7. The molecule has 0 aliphatic rings. The quantitative estimate of drug-likeness (QED) is 0.164. The Morgan fingerprint density at radius 3 is 2.04 bits per heavy atom. The molecule has 47 heavy (non-hydrogen) atoms. The summed E-state index contributed by atoms with van der Waals surface area (Å²) in [5.41, 5.74) is 2.72. The van der Waals surface area contributed by atoms with Crippen molar-refractivity contribution in [3.05, 3.63) is 118 Å². The molecule has 1 heterocycles. The third kappa shape index (κ3) is 6.74. The third-order valence-electron chi connectivity index (χ3n) is 7.62. The van der Waals surface area contributed by atoms with Crippen LogP contribution >= 0.6 is 23.2 Å². The maximum Gasteiger partial charge on any atom is 0.502 e. The van der Waals surface area contributed by atoms with Gasteiger partial charge in [-0.25, -0.2) is 18.2 Å². The maximum atomic E-state index is 13.7. The Labute approximate surface area is 279 Å². The Balaban J connectivity index is 1.63. The van der Waals surface area contributed by atoms with Crippen LogP contribution in [0.3, 0.4) is 0 Å². The topological polar surface area (TPSA) is 115 Å². The number of hydrogen-bond acceptors (Lipinski definition) is 5. The summed E-state index contributed by atoms with van der Waals surface area (Å²) in [5, 5.41) is 10.2. The molecule has 0 aliphatic carbocycles. The molecule has 1 aromatic heterocycles. The average Bonchev–Trinajstić information content (AvgIpc) is 3.39. The molecular formula is C34H28Cl2F3N3O4S. The van der Waals surface area contributed by atoms with Crippen LogP contribution in [0, 0.1) is 0 Å². The van der Waals surface area contributed by atoms with Crippen LogP contribution in [0.5, 0.6) is 0 Å². The van der Waals surface area contributed by atoms with Gasteiger partial charge in [-0.1, -0.05) is 92.5 Å². The smallest absolute Gasteiger partial charge is 0.478 e. The zero-order valence-corrected chi connectivity index (χ0v) is 27.6. The molecule has 0 aliphatic heterocycles. The highest BCUT2D eigenvalue weighted by Gasteiger charge is 2.50. The first-order valence-corrected chi connectivity index (χ1v) is 16.3. The highest BCUT2D eigenvalue weighted by Crippen LogP contribution is 2.40. The van der Waals surface area contributed by atoms with Crippen LogP contribution in [0.15, 0.2) is 90.0 Å². The lowest BCUT2D eigenvalue weighted by Crippen LogP contribution is -2.27. The number of rotatable bonds is 7. The number of alkyl halides is 3. The van der Waals surface area contributed by atoms with Crippen molar-refractivity contribution in [3.8, 4) is 28.1 Å². The monoisotopic (exact) mass is 701 g/mol. The van der Waals surface area contributed by atoms with Gasteiger partial charge in [-0.2, -0.15) is 13.2 Å². The van der Waals surface area contributed by atoms with E-state index in [4.69, 9.17) is 28.9 Å². The molecule has 0 unspecified atom stereocenters. The Hall–Kier alpha value is -4.32. The first-order chi connectivity index (χ1) is 21.9. The van der Waals surface area contributed by atoms with E-state index in [-0.39, 0.29) is 28.4 Å². The summed E-state index contributed by atoms with van der Waals surface area (Å²) >= 11 is 12.5. The molecular weight excluding hydrogens is 674 g/mol. The number of carbonyl (C=O) groups is 1. The Kier molecular flexibility index (Phi) is 8.95. The van der Waals surface area contributed by atoms with E-state index in [0.717, 1.165) is 28.8 Å². The van der Waals surface area contributed by atoms with Crippen molar-refractivity contribution in [2.45, 2.75) is 43.0 Å². The molecule has 7 nitrogen and oxygen atoms in total. The Bertz CT molecular complexity index is 2110. The fourth-order valence-electron chi connectivity index (χ4n) is 5.11. The minimum absolute atomic E-state index is 0.00836. The first-order valence-electron chi connectivity index (χ1n) is 14.1. The van der Waals surface area contributed by atoms with Gasteiger partial charge in [-0.3, -0.25) is 0 Å². The normalized spacial score (nSPS) is 12.3. The van der Waals surface area contributed by atoms with Crippen molar-refractivity contribution in [3.63, 3.8) is 0 Å². The van der Waals surface area contributed by atoms with Crippen molar-refractivity contribution in [2.75, 3.05) is 5.73 Å². The van der Waals surface area contributed by atoms with Crippen LogP contribution < -0.4 is 5.73 Å². The van der Waals surface area contributed by atoms with Crippen molar-refractivity contribution in [1.29, 1.82) is 0 Å². The van der Waals surface area contributed by atoms with Crippen molar-refractivity contribution in [1.82, 2.24) is 9.55 Å². The number of nitrogen functional groups attached to an aromatic ring is 1. The predicted octanol–water partition coefficient (Wildman–Crippen LogP) is 8.98. The highest BCUT2D eigenvalue weighted by atomic mass is 35.5. The second-order valence-electron chi connectivity index (χ2n) is 11.9. The lowest BCUT2D eigenvalue weighted by atomic mass is 9.86. The van der Waals surface area contributed by atoms with Crippen LogP contribution in [0.25, 0.3) is 28.1 Å². The van der Waals surface area contributed by atoms with Gasteiger partial charge in [0.2, 0.25) is 0 Å². The first kappa shape index (κ1) is 34.0. The summed E-state index contributed by atoms with van der Waals surface area (Å²) in [6.45, 7) is 6.41. The number of benzene rings is 4. The molecule has 0 saturated carbocycles. The molecule has 244 valence electrons. The van der Waals surface area contributed by atoms with Gasteiger partial charge in [0.1, 0.15) is 10.7 Å². The van der Waals surface area contributed by atoms with Gasteiger partial charge in [0.25, 0.3) is 9.84 Å². The van der Waals surface area contributed by atoms with Crippen molar-refractivity contribution in [2.24, 2.45) is 0 Å². The van der Waals surface area contributed by atoms with E-state index < -0.39 is 37.5 Å². The number of carboxylic acids is 1. The van der Waals surface area contributed by atoms with E-state index in [1.807, 2.05) is 36.4 Å². The van der Waals surface area contributed by atoms with Crippen LogP contribution in [0.4, 0.5) is 18.9 Å². The van der Waals surface area contributed by atoms with Gasteiger partial charge in [-0.05, 0) is 58.0 Å². The van der Waals surface area contributed by atoms with Crippen LogP contribution in [-0.2, 0) is 21.7 Å². The fourth-order valence-corrected chi connectivity index (χ4v) is 6.69. The molecule has 3 N–H and O–H groups in total. The van der Waals surface area contributed by atoms with E-state index in [1.165, 1.54) is 22.4 Å². The van der Waals surface area contributed by atoms with E-state index in [0.29, 0.717) is 16.3 Å². The molecule has 0 bridgehead atoms. The zero-order valence-electron chi connectivity index (χ0n) is 25.2. The van der Waals surface area contributed by atoms with E-state index >= 15 is 0 Å². The van der Waals surface area contributed by atoms with Gasteiger partial charge in [0.05, 0.1) is 27.7 Å². The third-order valence-corrected chi connectivity index (χ3v) is 9.76. The number of halogens is 5. The molecule has 0 amide bonds. The number of hydrogen-bond donors (Lipinski definition) is 2. The number of imidazole rings is 1. The average molecular weight is 703 g/mol. The summed E-state index contributed by atoms with van der Waals surface area (Å²) in [6, 6.07) is 22.4. The minimum Gasteiger partial charge on any atom is -0.478 e. The van der Waals surface area contributed by atoms with E-state index in [1.54, 1.807) is 12.1 Å². The zero-order chi connectivity index (χ0) is 34.5. The van der Waals surface area contributed by atoms with E-state index in [9.17, 15) is 31.5 Å². The van der Waals surface area contributed by atoms with Gasteiger partial charge < -0.3 is 15.4 Å². The number of nitrogens with zero attached hydrogens (tertiary/aromatic N) is 2. The number of aromatic nitrogens is 2. The van der Waals surface area contributed by atoms with Crippen molar-refractivity contribution < 1.29 is 31.5 Å². The van der Waals surface area contributed by atoms with Crippen LogP contribution in [0.1, 0.15) is 48.1 Å². The number of aromatic carboxylic acids is 1. The lowest BCUT2D eigenvalue weighted by molar-refractivity contribution is -0.0435. The molecule has 0 fully saturated rings. The molecule has 5 aromatic rings. The predicted molar refractivity (Wildman–Crippen MR) is 177 cm³/mol. The summed E-state index contributed by atoms with van der Waals surface area (Å²) in [7, 11) is -6.16. The number of carboxylic acid groups (broad SMARTS) is 1.